The van der Waals surface area contributed by atoms with Crippen LogP contribution in [0.3, 0.4) is 0 Å². The number of nitrogens with two attached hydrogens (primary N) is 1. The van der Waals surface area contributed by atoms with Gasteiger partial charge in [0.05, 0.1) is 16.3 Å². The van der Waals surface area contributed by atoms with Crippen LogP contribution in [0.25, 0.3) is 10.2 Å². The van der Waals surface area contributed by atoms with Crippen molar-refractivity contribution in [1.29, 1.82) is 0 Å². The van der Waals surface area contributed by atoms with E-state index in [0.717, 1.165) is 25.0 Å². The lowest BCUT2D eigenvalue weighted by atomic mass is 10.1. The zero-order valence-electron chi connectivity index (χ0n) is 10.7. The first kappa shape index (κ1) is 12.1. The highest BCUT2D eigenvalue weighted by Crippen LogP contribution is 2.30. The van der Waals surface area contributed by atoms with Crippen molar-refractivity contribution in [2.45, 2.75) is 31.8 Å². The van der Waals surface area contributed by atoms with E-state index in [1.807, 2.05) is 6.07 Å². The fraction of sp³-hybridized carbons (Fsp3) is 0.500. The molecule has 1 aromatic heterocycles. The van der Waals surface area contributed by atoms with Gasteiger partial charge < -0.3 is 5.73 Å². The Morgan fingerprint density at radius 1 is 1.44 bits per heavy atom. The maximum Gasteiger partial charge on any atom is 0.111 e. The van der Waals surface area contributed by atoms with Gasteiger partial charge in [0.1, 0.15) is 5.01 Å². The quantitative estimate of drug-likeness (QED) is 0.904. The highest BCUT2D eigenvalue weighted by Gasteiger charge is 2.24. The average molecular weight is 261 g/mol. The van der Waals surface area contributed by atoms with Gasteiger partial charge in [-0.1, -0.05) is 12.1 Å². The molecule has 96 valence electrons. The third kappa shape index (κ3) is 2.28. The molecule has 18 heavy (non-hydrogen) atoms. The Kier molecular flexibility index (Phi) is 3.33. The van der Waals surface area contributed by atoms with Crippen molar-refractivity contribution >= 4 is 21.6 Å². The molecule has 1 aliphatic heterocycles. The molecule has 0 spiro atoms. The molecule has 4 heteroatoms. The minimum atomic E-state index is 0.329. The molecule has 0 radical (unpaired) electrons. The molecular formula is C14H19N3S. The molecule has 2 unspecified atom stereocenters. The monoisotopic (exact) mass is 261 g/mol. The van der Waals surface area contributed by atoms with Gasteiger partial charge in [0.25, 0.3) is 0 Å². The Hall–Kier alpha value is -0.970. The fourth-order valence-corrected chi connectivity index (χ4v) is 3.67. The average Bonchev–Trinajstić information content (AvgIpc) is 2.81. The molecular weight excluding hydrogens is 242 g/mol. The normalized spacial score (nSPS) is 23.3. The standard InChI is InChI=1S/C14H19N3S/c1-10(17-8-4-5-11(15)9-17)14-16-12-6-2-3-7-13(12)18-14/h2-3,6-7,10-11H,4-5,8-9,15H2,1H3. The van der Waals surface area contributed by atoms with Crippen LogP contribution >= 0.6 is 11.3 Å². The van der Waals surface area contributed by atoms with Crippen molar-refractivity contribution in [3.8, 4) is 0 Å². The van der Waals surface area contributed by atoms with E-state index in [9.17, 15) is 0 Å². The van der Waals surface area contributed by atoms with Gasteiger partial charge >= 0.3 is 0 Å². The molecule has 1 aromatic carbocycles. The first-order valence-electron chi connectivity index (χ1n) is 6.59. The number of likely N-dealkylation sites (tertiary alicyclic amines) is 1. The van der Waals surface area contributed by atoms with Crippen molar-refractivity contribution in [2.24, 2.45) is 5.73 Å². The zero-order chi connectivity index (χ0) is 12.5. The second-order valence-electron chi connectivity index (χ2n) is 5.09. The van der Waals surface area contributed by atoms with Crippen molar-refractivity contribution in [2.75, 3.05) is 13.1 Å². The summed E-state index contributed by atoms with van der Waals surface area (Å²) in [5, 5.41) is 1.21. The molecule has 0 amide bonds. The van der Waals surface area contributed by atoms with Crippen molar-refractivity contribution in [1.82, 2.24) is 9.88 Å². The number of fused-ring (bicyclic) bond motifs is 1. The van der Waals surface area contributed by atoms with E-state index in [1.165, 1.54) is 16.1 Å². The van der Waals surface area contributed by atoms with Gasteiger partial charge in [-0.25, -0.2) is 4.98 Å². The number of hydrogen-bond acceptors (Lipinski definition) is 4. The zero-order valence-corrected chi connectivity index (χ0v) is 11.5. The summed E-state index contributed by atoms with van der Waals surface area (Å²) in [5.41, 5.74) is 7.17. The smallest absolute Gasteiger partial charge is 0.111 e. The molecule has 0 saturated carbocycles. The summed E-state index contributed by atoms with van der Waals surface area (Å²) >= 11 is 1.81. The number of rotatable bonds is 2. The lowest BCUT2D eigenvalue weighted by molar-refractivity contribution is 0.159. The van der Waals surface area contributed by atoms with Gasteiger partial charge in [0.15, 0.2) is 0 Å². The minimum Gasteiger partial charge on any atom is -0.327 e. The maximum absolute atomic E-state index is 6.06. The Bertz CT molecular complexity index is 504. The number of aromatic nitrogens is 1. The predicted molar refractivity (Wildman–Crippen MR) is 76.8 cm³/mol. The van der Waals surface area contributed by atoms with Crippen LogP contribution in [0.15, 0.2) is 24.3 Å². The molecule has 2 aromatic rings. The second kappa shape index (κ2) is 4.96. The fourth-order valence-electron chi connectivity index (χ4n) is 2.62. The maximum atomic E-state index is 6.06. The Labute approximate surface area is 112 Å². The molecule has 1 aliphatic rings. The number of thiazole rings is 1. The van der Waals surface area contributed by atoms with Crippen LogP contribution in [0.4, 0.5) is 0 Å². The Morgan fingerprint density at radius 2 is 2.28 bits per heavy atom. The summed E-state index contributed by atoms with van der Waals surface area (Å²) in [6.45, 7) is 4.39. The third-order valence-electron chi connectivity index (χ3n) is 3.70. The van der Waals surface area contributed by atoms with Crippen molar-refractivity contribution in [3.63, 3.8) is 0 Å². The van der Waals surface area contributed by atoms with E-state index in [4.69, 9.17) is 10.7 Å². The molecule has 0 aliphatic carbocycles. The lowest BCUT2D eigenvalue weighted by Crippen LogP contribution is -2.43. The summed E-state index contributed by atoms with van der Waals surface area (Å²) in [5.74, 6) is 0. The van der Waals surface area contributed by atoms with Crippen LogP contribution < -0.4 is 5.73 Å². The van der Waals surface area contributed by atoms with Gasteiger partial charge in [-0.15, -0.1) is 11.3 Å². The summed E-state index contributed by atoms with van der Waals surface area (Å²) in [6, 6.07) is 9.07. The van der Waals surface area contributed by atoms with Gasteiger partial charge in [0, 0.05) is 12.6 Å². The Balaban J connectivity index is 1.84. The van der Waals surface area contributed by atoms with Crippen LogP contribution in [0.2, 0.25) is 0 Å². The van der Waals surface area contributed by atoms with Crippen molar-refractivity contribution in [3.05, 3.63) is 29.3 Å². The topological polar surface area (TPSA) is 42.2 Å². The largest absolute Gasteiger partial charge is 0.327 e. The summed E-state index contributed by atoms with van der Waals surface area (Å²) < 4.78 is 1.28. The SMILES string of the molecule is CC(c1nc2ccccc2s1)N1CCCC(N)C1. The highest BCUT2D eigenvalue weighted by atomic mass is 32.1. The molecule has 2 heterocycles. The van der Waals surface area contributed by atoms with Crippen LogP contribution in [0.5, 0.6) is 0 Å². The van der Waals surface area contributed by atoms with Crippen LogP contribution in [-0.4, -0.2) is 29.0 Å². The number of nitrogens with zero attached hydrogens (tertiary/aromatic N) is 2. The van der Waals surface area contributed by atoms with E-state index in [0.29, 0.717) is 12.1 Å². The molecule has 3 rings (SSSR count). The van der Waals surface area contributed by atoms with Crippen LogP contribution in [-0.2, 0) is 0 Å². The predicted octanol–water partition coefficient (Wildman–Crippen LogP) is 2.78. The van der Waals surface area contributed by atoms with E-state index in [1.54, 1.807) is 11.3 Å². The minimum absolute atomic E-state index is 0.329. The molecule has 2 N–H and O–H groups in total. The molecule has 1 fully saturated rings. The van der Waals surface area contributed by atoms with Crippen LogP contribution in [0.1, 0.15) is 30.8 Å². The number of hydrogen-bond donors (Lipinski definition) is 1. The first-order valence-corrected chi connectivity index (χ1v) is 7.41. The molecule has 3 nitrogen and oxygen atoms in total. The molecule has 0 bridgehead atoms. The summed E-state index contributed by atoms with van der Waals surface area (Å²) in [6.07, 6.45) is 2.36. The number of para-hydroxylation sites is 1. The van der Waals surface area contributed by atoms with E-state index in [-0.39, 0.29) is 0 Å². The third-order valence-corrected chi connectivity index (χ3v) is 4.91. The lowest BCUT2D eigenvalue weighted by Gasteiger charge is -2.34. The first-order chi connectivity index (χ1) is 8.74. The van der Waals surface area contributed by atoms with Gasteiger partial charge in [-0.2, -0.15) is 0 Å². The number of benzene rings is 1. The molecule has 2 atom stereocenters. The van der Waals surface area contributed by atoms with E-state index in [2.05, 4.69) is 30.0 Å². The summed E-state index contributed by atoms with van der Waals surface area (Å²) in [4.78, 5) is 7.21. The second-order valence-corrected chi connectivity index (χ2v) is 6.16. The summed E-state index contributed by atoms with van der Waals surface area (Å²) in [7, 11) is 0. The number of piperidine rings is 1. The van der Waals surface area contributed by atoms with Gasteiger partial charge in [-0.05, 0) is 38.4 Å². The van der Waals surface area contributed by atoms with E-state index < -0.39 is 0 Å². The van der Waals surface area contributed by atoms with Crippen molar-refractivity contribution < 1.29 is 0 Å². The van der Waals surface area contributed by atoms with Crippen LogP contribution in [0, 0.1) is 0 Å². The van der Waals surface area contributed by atoms with E-state index >= 15 is 0 Å². The highest BCUT2D eigenvalue weighted by molar-refractivity contribution is 7.18. The van der Waals surface area contributed by atoms with Gasteiger partial charge in [0.2, 0.25) is 0 Å². The Morgan fingerprint density at radius 3 is 3.06 bits per heavy atom. The van der Waals surface area contributed by atoms with Gasteiger partial charge in [-0.3, -0.25) is 4.90 Å². The molecule has 1 saturated heterocycles.